The highest BCUT2D eigenvalue weighted by atomic mass is 35.5. The Labute approximate surface area is 168 Å². The lowest BCUT2D eigenvalue weighted by molar-refractivity contribution is 0.112. The molecule has 5 nitrogen and oxygen atoms in total. The number of aromatic nitrogens is 3. The molecule has 27 heavy (non-hydrogen) atoms. The molecule has 0 bridgehead atoms. The van der Waals surface area contributed by atoms with Gasteiger partial charge in [0.25, 0.3) is 0 Å². The van der Waals surface area contributed by atoms with E-state index in [9.17, 15) is 5.11 Å². The predicted octanol–water partition coefficient (Wildman–Crippen LogP) is 4.78. The summed E-state index contributed by atoms with van der Waals surface area (Å²) in [5, 5.41) is 16.1. The number of aryl methyl sites for hydroxylation is 1. The van der Waals surface area contributed by atoms with E-state index in [0.717, 1.165) is 40.7 Å². The van der Waals surface area contributed by atoms with Gasteiger partial charge in [0, 0.05) is 24.5 Å². The zero-order valence-corrected chi connectivity index (χ0v) is 17.5. The van der Waals surface area contributed by atoms with E-state index in [2.05, 4.69) is 34.9 Å². The summed E-state index contributed by atoms with van der Waals surface area (Å²) in [6, 6.07) is 7.91. The predicted molar refractivity (Wildman–Crippen MR) is 110 cm³/mol. The van der Waals surface area contributed by atoms with Gasteiger partial charge in [-0.1, -0.05) is 55.8 Å². The number of hydrogen-bond acceptors (Lipinski definition) is 5. The van der Waals surface area contributed by atoms with Crippen LogP contribution in [0.25, 0.3) is 4.96 Å². The first-order valence-electron chi connectivity index (χ1n) is 9.53. The third kappa shape index (κ3) is 3.58. The van der Waals surface area contributed by atoms with Gasteiger partial charge in [0.15, 0.2) is 5.82 Å². The highest BCUT2D eigenvalue weighted by Gasteiger charge is 2.33. The monoisotopic (exact) mass is 404 g/mol. The zero-order valence-electron chi connectivity index (χ0n) is 15.9. The first kappa shape index (κ1) is 18.7. The summed E-state index contributed by atoms with van der Waals surface area (Å²) in [5.74, 6) is 2.18. The topological polar surface area (TPSA) is 53.7 Å². The molecular weight excluding hydrogens is 380 g/mol. The Morgan fingerprint density at radius 3 is 2.67 bits per heavy atom. The highest BCUT2D eigenvalue weighted by molar-refractivity contribution is 7.17. The van der Waals surface area contributed by atoms with E-state index >= 15 is 0 Å². The van der Waals surface area contributed by atoms with Gasteiger partial charge in [-0.3, -0.25) is 4.90 Å². The van der Waals surface area contributed by atoms with Crippen LogP contribution in [0, 0.1) is 11.8 Å². The lowest BCUT2D eigenvalue weighted by Gasteiger charge is -2.40. The maximum absolute atomic E-state index is 11.0. The van der Waals surface area contributed by atoms with Crippen molar-refractivity contribution in [1.82, 2.24) is 19.5 Å². The molecule has 1 aliphatic rings. The van der Waals surface area contributed by atoms with Crippen molar-refractivity contribution in [3.8, 4) is 5.88 Å². The van der Waals surface area contributed by atoms with Crippen molar-refractivity contribution in [2.75, 3.05) is 13.1 Å². The van der Waals surface area contributed by atoms with Crippen molar-refractivity contribution >= 4 is 27.9 Å². The number of nitrogens with zero attached hydrogens (tertiary/aromatic N) is 4. The standard InChI is InChI=1S/C20H25ClN4OS/c1-4-16-22-20-25(23-16)19(26)18(27-20)17(14-6-5-7-15(21)9-14)24-10-12(2)8-13(3)11-24/h5-7,9,12-13,17,26H,4,8,10-11H2,1-3H3/t12-,13-,17-/m0/s1. The van der Waals surface area contributed by atoms with E-state index < -0.39 is 0 Å². The number of likely N-dealkylation sites (tertiary alicyclic amines) is 1. The summed E-state index contributed by atoms with van der Waals surface area (Å²) in [5.41, 5.74) is 1.10. The van der Waals surface area contributed by atoms with Crippen LogP contribution in [0.2, 0.25) is 5.02 Å². The fourth-order valence-electron chi connectivity index (χ4n) is 4.25. The molecule has 3 heterocycles. The van der Waals surface area contributed by atoms with Crippen LogP contribution < -0.4 is 0 Å². The first-order valence-corrected chi connectivity index (χ1v) is 10.7. The van der Waals surface area contributed by atoms with Crippen molar-refractivity contribution in [3.05, 3.63) is 45.6 Å². The Morgan fingerprint density at radius 1 is 1.30 bits per heavy atom. The first-order chi connectivity index (χ1) is 13.0. The van der Waals surface area contributed by atoms with Crippen molar-refractivity contribution in [2.45, 2.75) is 39.7 Å². The maximum Gasteiger partial charge on any atom is 0.230 e. The molecule has 3 aromatic rings. The molecule has 0 radical (unpaired) electrons. The number of hydrogen-bond donors (Lipinski definition) is 1. The van der Waals surface area contributed by atoms with Crippen LogP contribution in [-0.2, 0) is 6.42 Å². The molecule has 0 saturated carbocycles. The number of aromatic hydroxyl groups is 1. The minimum atomic E-state index is -0.0486. The summed E-state index contributed by atoms with van der Waals surface area (Å²) in [4.78, 5) is 8.64. The third-order valence-corrected chi connectivity index (χ3v) is 6.54. The molecule has 1 N–H and O–H groups in total. The molecule has 2 aromatic heterocycles. The van der Waals surface area contributed by atoms with Gasteiger partial charge in [-0.25, -0.2) is 4.98 Å². The van der Waals surface area contributed by atoms with Crippen molar-refractivity contribution < 1.29 is 5.11 Å². The molecule has 7 heteroatoms. The Bertz CT molecular complexity index is 943. The van der Waals surface area contributed by atoms with E-state index in [1.165, 1.54) is 17.8 Å². The average molecular weight is 405 g/mol. The molecule has 1 aliphatic heterocycles. The summed E-state index contributed by atoms with van der Waals surface area (Å²) in [7, 11) is 0. The molecule has 0 spiro atoms. The average Bonchev–Trinajstić information content (AvgIpc) is 3.14. The quantitative estimate of drug-likeness (QED) is 0.679. The third-order valence-electron chi connectivity index (χ3n) is 5.23. The SMILES string of the molecule is CCc1nc2sc([C@H](c3cccc(Cl)c3)N3C[C@@H](C)C[C@H](C)C3)c(O)n2n1. The number of piperidine rings is 1. The molecule has 4 rings (SSSR count). The molecule has 3 atom stereocenters. The van der Waals surface area contributed by atoms with Gasteiger partial charge in [-0.05, 0) is 36.0 Å². The van der Waals surface area contributed by atoms with Crippen LogP contribution in [0.1, 0.15) is 49.5 Å². The number of halogens is 1. The second-order valence-electron chi connectivity index (χ2n) is 7.72. The van der Waals surface area contributed by atoms with E-state index in [1.807, 2.05) is 25.1 Å². The van der Waals surface area contributed by atoms with E-state index in [0.29, 0.717) is 16.9 Å². The van der Waals surface area contributed by atoms with Gasteiger partial charge in [-0.15, -0.1) is 5.10 Å². The van der Waals surface area contributed by atoms with Gasteiger partial charge >= 0.3 is 0 Å². The lowest BCUT2D eigenvalue weighted by Crippen LogP contribution is -2.41. The minimum Gasteiger partial charge on any atom is -0.492 e. The summed E-state index contributed by atoms with van der Waals surface area (Å²) < 4.78 is 1.58. The molecular formula is C20H25ClN4OS. The molecule has 1 aromatic carbocycles. The lowest BCUT2D eigenvalue weighted by atomic mass is 9.89. The minimum absolute atomic E-state index is 0.0486. The molecule has 0 aliphatic carbocycles. The van der Waals surface area contributed by atoms with Crippen LogP contribution in [0.4, 0.5) is 0 Å². The number of thiazole rings is 1. The van der Waals surface area contributed by atoms with Gasteiger partial charge in [0.1, 0.15) is 0 Å². The van der Waals surface area contributed by atoms with Gasteiger partial charge in [0.05, 0.1) is 10.9 Å². The van der Waals surface area contributed by atoms with Crippen LogP contribution in [0.15, 0.2) is 24.3 Å². The Kier molecular flexibility index (Phi) is 5.14. The second-order valence-corrected chi connectivity index (χ2v) is 9.17. The van der Waals surface area contributed by atoms with E-state index in [4.69, 9.17) is 11.6 Å². The smallest absolute Gasteiger partial charge is 0.230 e. The maximum atomic E-state index is 11.0. The Balaban J connectivity index is 1.82. The normalized spacial score (nSPS) is 22.4. The number of benzene rings is 1. The summed E-state index contributed by atoms with van der Waals surface area (Å²) in [6.45, 7) is 8.61. The fraction of sp³-hybridized carbons (Fsp3) is 0.500. The van der Waals surface area contributed by atoms with E-state index in [1.54, 1.807) is 4.52 Å². The number of fused-ring (bicyclic) bond motifs is 1. The van der Waals surface area contributed by atoms with Crippen LogP contribution in [-0.4, -0.2) is 37.7 Å². The zero-order chi connectivity index (χ0) is 19.1. The van der Waals surface area contributed by atoms with Crippen LogP contribution >= 0.6 is 22.9 Å². The van der Waals surface area contributed by atoms with Crippen LogP contribution in [0.3, 0.4) is 0 Å². The summed E-state index contributed by atoms with van der Waals surface area (Å²) in [6.07, 6.45) is 1.99. The molecule has 144 valence electrons. The largest absolute Gasteiger partial charge is 0.492 e. The summed E-state index contributed by atoms with van der Waals surface area (Å²) >= 11 is 7.82. The molecule has 0 amide bonds. The fourth-order valence-corrected chi connectivity index (χ4v) is 5.58. The second kappa shape index (κ2) is 7.41. The van der Waals surface area contributed by atoms with Crippen molar-refractivity contribution in [3.63, 3.8) is 0 Å². The van der Waals surface area contributed by atoms with Gasteiger partial charge in [0.2, 0.25) is 10.8 Å². The highest BCUT2D eigenvalue weighted by Crippen LogP contribution is 2.42. The van der Waals surface area contributed by atoms with Crippen molar-refractivity contribution in [1.29, 1.82) is 0 Å². The van der Waals surface area contributed by atoms with Gasteiger partial charge < -0.3 is 5.11 Å². The molecule has 0 unspecified atom stereocenters. The number of rotatable bonds is 4. The Hall–Kier alpha value is -1.63. The van der Waals surface area contributed by atoms with E-state index in [-0.39, 0.29) is 11.9 Å². The van der Waals surface area contributed by atoms with Crippen LogP contribution in [0.5, 0.6) is 5.88 Å². The van der Waals surface area contributed by atoms with Gasteiger partial charge in [-0.2, -0.15) is 4.52 Å². The molecule has 1 fully saturated rings. The molecule has 1 saturated heterocycles. The van der Waals surface area contributed by atoms with Crippen molar-refractivity contribution in [2.24, 2.45) is 11.8 Å². The Morgan fingerprint density at radius 2 is 2.04 bits per heavy atom.